The monoisotopic (exact) mass is 714 g/mol. The van der Waals surface area contributed by atoms with E-state index in [0.717, 1.165) is 0 Å². The van der Waals surface area contributed by atoms with E-state index in [1.807, 2.05) is 0 Å². The molecule has 4 N–H and O–H groups in total. The standard InChI is InChI=1S/C30H30F4N4O8S2/c1-29(11-13-47(41,42)15-29)37-27(39)35-17-3-7-19(8-4-17)45-25-21(31)23(33)26(24(34)22(25)32)46-20-9-5-18(6-10-20)36-28(40)38-30(2)12-14-48(43,44)16-30/h3-10H,11-16H2,1-2H3,(H2,35,37,39)(H2,36,38,40)/t29-,30-/m1/s1. The third-order valence-corrected chi connectivity index (χ3v) is 11.5. The maximum absolute atomic E-state index is 14.9. The molecule has 2 fully saturated rings. The van der Waals surface area contributed by atoms with Crippen LogP contribution in [0, 0.1) is 23.3 Å². The number of carbonyl (C=O) groups is 2. The van der Waals surface area contributed by atoms with E-state index in [2.05, 4.69) is 21.3 Å². The van der Waals surface area contributed by atoms with E-state index in [4.69, 9.17) is 9.47 Å². The summed E-state index contributed by atoms with van der Waals surface area (Å²) in [6.07, 6.45) is 0.483. The lowest BCUT2D eigenvalue weighted by Crippen LogP contribution is -2.48. The van der Waals surface area contributed by atoms with Gasteiger partial charge >= 0.3 is 12.1 Å². The predicted molar refractivity (Wildman–Crippen MR) is 167 cm³/mol. The first-order valence-corrected chi connectivity index (χ1v) is 18.0. The van der Waals surface area contributed by atoms with Gasteiger partial charge < -0.3 is 30.7 Å². The van der Waals surface area contributed by atoms with Crippen molar-refractivity contribution >= 4 is 43.1 Å². The van der Waals surface area contributed by atoms with Crippen molar-refractivity contribution in [3.8, 4) is 23.0 Å². The molecule has 2 aliphatic heterocycles. The maximum atomic E-state index is 14.9. The van der Waals surface area contributed by atoms with E-state index in [1.54, 1.807) is 13.8 Å². The van der Waals surface area contributed by atoms with Crippen LogP contribution in [0.15, 0.2) is 48.5 Å². The Bertz CT molecular complexity index is 1810. The molecule has 0 radical (unpaired) electrons. The number of nitrogens with one attached hydrogen (secondary N) is 4. The first kappa shape index (κ1) is 34.7. The molecule has 0 aromatic heterocycles. The van der Waals surface area contributed by atoms with Crippen molar-refractivity contribution in [2.24, 2.45) is 0 Å². The van der Waals surface area contributed by atoms with E-state index in [0.29, 0.717) is 0 Å². The lowest BCUT2D eigenvalue weighted by molar-refractivity contribution is 0.241. The number of hydrogen-bond acceptors (Lipinski definition) is 8. The normalized spacial score (nSPS) is 22.5. The highest BCUT2D eigenvalue weighted by atomic mass is 32.2. The third-order valence-electron chi connectivity index (χ3n) is 7.68. The number of halogens is 4. The molecule has 2 heterocycles. The average Bonchev–Trinajstić information content (AvgIpc) is 3.44. The van der Waals surface area contributed by atoms with E-state index in [-0.39, 0.29) is 58.7 Å². The zero-order chi connectivity index (χ0) is 35.1. The van der Waals surface area contributed by atoms with Crippen LogP contribution in [0.1, 0.15) is 26.7 Å². The fourth-order valence-electron chi connectivity index (χ4n) is 5.31. The van der Waals surface area contributed by atoms with Gasteiger partial charge in [-0.25, -0.2) is 26.4 Å². The fourth-order valence-corrected chi connectivity index (χ4v) is 9.50. The highest BCUT2D eigenvalue weighted by Crippen LogP contribution is 2.39. The Morgan fingerprint density at radius 3 is 1.19 bits per heavy atom. The largest absolute Gasteiger partial charge is 0.451 e. The van der Waals surface area contributed by atoms with Gasteiger partial charge in [0, 0.05) is 11.4 Å². The molecule has 2 atom stereocenters. The van der Waals surface area contributed by atoms with E-state index < -0.39 is 77.6 Å². The molecule has 2 aliphatic rings. The van der Waals surface area contributed by atoms with Gasteiger partial charge in [-0.3, -0.25) is 0 Å². The van der Waals surface area contributed by atoms with Crippen molar-refractivity contribution in [3.05, 3.63) is 71.8 Å². The van der Waals surface area contributed by atoms with E-state index in [9.17, 15) is 44.0 Å². The molecule has 4 amide bonds. The second-order valence-corrected chi connectivity index (χ2v) is 16.5. The Labute approximate surface area is 273 Å². The Kier molecular flexibility index (Phi) is 9.26. The second-order valence-electron chi connectivity index (χ2n) is 12.1. The number of hydrogen-bond donors (Lipinski definition) is 4. The molecule has 0 unspecified atom stereocenters. The Hall–Kier alpha value is -4.58. The van der Waals surface area contributed by atoms with Crippen molar-refractivity contribution in [3.63, 3.8) is 0 Å². The number of sulfone groups is 2. The van der Waals surface area contributed by atoms with Crippen molar-refractivity contribution in [1.29, 1.82) is 0 Å². The highest BCUT2D eigenvalue weighted by Gasteiger charge is 2.40. The van der Waals surface area contributed by atoms with Gasteiger partial charge in [-0.15, -0.1) is 0 Å². The number of ether oxygens (including phenoxy) is 2. The number of urea groups is 2. The van der Waals surface area contributed by atoms with Crippen molar-refractivity contribution in [2.45, 2.75) is 37.8 Å². The van der Waals surface area contributed by atoms with Gasteiger partial charge in [-0.1, -0.05) is 0 Å². The third kappa shape index (κ3) is 8.10. The summed E-state index contributed by atoms with van der Waals surface area (Å²) in [5.74, 6) is -11.3. The van der Waals surface area contributed by atoms with Crippen LogP contribution in [0.5, 0.6) is 23.0 Å². The lowest BCUT2D eigenvalue weighted by atomic mass is 10.0. The summed E-state index contributed by atoms with van der Waals surface area (Å²) in [7, 11) is -6.52. The molecule has 48 heavy (non-hydrogen) atoms. The maximum Gasteiger partial charge on any atom is 0.319 e. The average molecular weight is 715 g/mol. The first-order chi connectivity index (χ1) is 22.3. The quantitative estimate of drug-likeness (QED) is 0.182. The summed E-state index contributed by atoms with van der Waals surface area (Å²) in [6.45, 7) is 3.19. The van der Waals surface area contributed by atoms with Gasteiger partial charge in [-0.05, 0) is 75.2 Å². The van der Waals surface area contributed by atoms with Crippen molar-refractivity contribution < 1.29 is 53.5 Å². The first-order valence-electron chi connectivity index (χ1n) is 14.4. The minimum atomic E-state index is -3.26. The van der Waals surface area contributed by atoms with Gasteiger partial charge in [0.25, 0.3) is 0 Å². The molecular formula is C30H30F4N4O8S2. The second kappa shape index (κ2) is 12.8. The summed E-state index contributed by atoms with van der Waals surface area (Å²) in [5.41, 5.74) is -1.50. The van der Waals surface area contributed by atoms with E-state index in [1.165, 1.54) is 48.5 Å². The molecular weight excluding hydrogens is 684 g/mol. The minimum absolute atomic E-state index is 0.0530. The van der Waals surface area contributed by atoms with E-state index >= 15 is 0 Å². The van der Waals surface area contributed by atoms with Crippen molar-refractivity contribution in [2.75, 3.05) is 33.6 Å². The molecule has 5 rings (SSSR count). The molecule has 258 valence electrons. The minimum Gasteiger partial charge on any atom is -0.451 e. The summed E-state index contributed by atoms with van der Waals surface area (Å²) in [4.78, 5) is 24.7. The Morgan fingerprint density at radius 2 is 0.917 bits per heavy atom. The van der Waals surface area contributed by atoms with Crippen LogP contribution in [-0.2, 0) is 19.7 Å². The summed E-state index contributed by atoms with van der Waals surface area (Å²) < 4.78 is 117. The van der Waals surface area contributed by atoms with Gasteiger partial charge in [-0.2, -0.15) is 17.6 Å². The number of rotatable bonds is 8. The number of benzene rings is 3. The molecule has 0 saturated carbocycles. The van der Waals surface area contributed by atoms with Crippen LogP contribution in [0.25, 0.3) is 0 Å². The summed E-state index contributed by atoms with van der Waals surface area (Å²) in [5, 5.41) is 10.2. The topological polar surface area (TPSA) is 169 Å². The van der Waals surface area contributed by atoms with Crippen LogP contribution in [-0.4, -0.2) is 63.0 Å². The smallest absolute Gasteiger partial charge is 0.319 e. The van der Waals surface area contributed by atoms with Crippen LogP contribution in [0.4, 0.5) is 38.5 Å². The molecule has 18 heteroatoms. The Morgan fingerprint density at radius 1 is 0.604 bits per heavy atom. The van der Waals surface area contributed by atoms with Gasteiger partial charge in [0.1, 0.15) is 11.5 Å². The van der Waals surface area contributed by atoms with Gasteiger partial charge in [0.05, 0.1) is 34.1 Å². The summed E-state index contributed by atoms with van der Waals surface area (Å²) >= 11 is 0. The number of anilines is 2. The zero-order valence-electron chi connectivity index (χ0n) is 25.5. The van der Waals surface area contributed by atoms with Crippen LogP contribution in [0.2, 0.25) is 0 Å². The molecule has 0 bridgehead atoms. The molecule has 0 aliphatic carbocycles. The SMILES string of the molecule is C[C@@]1(NC(=O)Nc2ccc(Oc3c(F)c(F)c(Oc4ccc(NC(=O)N[C@]5(C)CCS(=O)(=O)C5)cc4)c(F)c3F)cc2)CCS(=O)(=O)C1. The van der Waals surface area contributed by atoms with Gasteiger partial charge in [0.15, 0.2) is 19.7 Å². The number of amides is 4. The van der Waals surface area contributed by atoms with Crippen LogP contribution < -0.4 is 30.7 Å². The molecule has 0 spiro atoms. The zero-order valence-corrected chi connectivity index (χ0v) is 27.1. The molecule has 3 aromatic rings. The fraction of sp³-hybridized carbons (Fsp3) is 0.333. The predicted octanol–water partition coefficient (Wildman–Crippen LogP) is 5.23. The molecule has 12 nitrogen and oxygen atoms in total. The van der Waals surface area contributed by atoms with Gasteiger partial charge in [0.2, 0.25) is 34.8 Å². The molecule has 3 aromatic carbocycles. The van der Waals surface area contributed by atoms with Crippen LogP contribution >= 0.6 is 0 Å². The Balaban J connectivity index is 1.20. The number of carbonyl (C=O) groups excluding carboxylic acids is 2. The highest BCUT2D eigenvalue weighted by molar-refractivity contribution is 7.92. The molecule has 2 saturated heterocycles. The lowest BCUT2D eigenvalue weighted by Gasteiger charge is -2.24. The summed E-state index contributed by atoms with van der Waals surface area (Å²) in [6, 6.07) is 8.42. The van der Waals surface area contributed by atoms with Crippen molar-refractivity contribution in [1.82, 2.24) is 10.6 Å². The van der Waals surface area contributed by atoms with Crippen LogP contribution in [0.3, 0.4) is 0 Å².